The van der Waals surface area contributed by atoms with Crippen LogP contribution in [0.1, 0.15) is 40.9 Å². The maximum Gasteiger partial charge on any atom is 0.124 e. The standard InChI is InChI=1S/C14H16ClFN2S/c1-8(2)14-12(7-17)19-13(18-14)5-9-3-4-10(16)6-11(9)15/h3-4,6,8H,5,7,17H2,1-2H3. The van der Waals surface area contributed by atoms with Crippen LogP contribution in [0, 0.1) is 5.82 Å². The summed E-state index contributed by atoms with van der Waals surface area (Å²) in [4.78, 5) is 5.74. The number of halogens is 2. The van der Waals surface area contributed by atoms with Crippen LogP contribution in [0.5, 0.6) is 0 Å². The molecule has 0 radical (unpaired) electrons. The van der Waals surface area contributed by atoms with Gasteiger partial charge in [-0.15, -0.1) is 11.3 Å². The van der Waals surface area contributed by atoms with Gasteiger partial charge >= 0.3 is 0 Å². The van der Waals surface area contributed by atoms with Crippen molar-refractivity contribution in [1.29, 1.82) is 0 Å². The minimum atomic E-state index is -0.321. The van der Waals surface area contributed by atoms with Crippen molar-refractivity contribution in [3.63, 3.8) is 0 Å². The Balaban J connectivity index is 2.28. The molecule has 1 aromatic heterocycles. The van der Waals surface area contributed by atoms with Gasteiger partial charge in [0.1, 0.15) is 5.82 Å². The summed E-state index contributed by atoms with van der Waals surface area (Å²) in [6.07, 6.45) is 0.615. The lowest BCUT2D eigenvalue weighted by Crippen LogP contribution is -1.99. The van der Waals surface area contributed by atoms with Crippen LogP contribution in [-0.4, -0.2) is 4.98 Å². The monoisotopic (exact) mass is 298 g/mol. The number of nitrogens with two attached hydrogens (primary N) is 1. The lowest BCUT2D eigenvalue weighted by atomic mass is 10.1. The average molecular weight is 299 g/mol. The summed E-state index contributed by atoms with van der Waals surface area (Å²) in [6.45, 7) is 4.70. The first kappa shape index (κ1) is 14.4. The van der Waals surface area contributed by atoms with Gasteiger partial charge in [-0.3, -0.25) is 0 Å². The summed E-state index contributed by atoms with van der Waals surface area (Å²) in [5.74, 6) is 0.0330. The molecule has 2 nitrogen and oxygen atoms in total. The molecule has 19 heavy (non-hydrogen) atoms. The number of thiazole rings is 1. The molecule has 1 aromatic carbocycles. The smallest absolute Gasteiger partial charge is 0.124 e. The van der Waals surface area contributed by atoms with Gasteiger partial charge in [-0.05, 0) is 23.6 Å². The van der Waals surface area contributed by atoms with E-state index in [-0.39, 0.29) is 5.82 Å². The van der Waals surface area contributed by atoms with E-state index in [1.54, 1.807) is 17.4 Å². The molecule has 2 aromatic rings. The van der Waals surface area contributed by atoms with Crippen LogP contribution in [0.4, 0.5) is 4.39 Å². The zero-order valence-electron chi connectivity index (χ0n) is 10.9. The number of rotatable bonds is 4. The van der Waals surface area contributed by atoms with Crippen LogP contribution < -0.4 is 5.73 Å². The second kappa shape index (κ2) is 5.99. The minimum Gasteiger partial charge on any atom is -0.326 e. The van der Waals surface area contributed by atoms with E-state index in [2.05, 4.69) is 18.8 Å². The van der Waals surface area contributed by atoms with Crippen molar-refractivity contribution in [2.45, 2.75) is 32.7 Å². The lowest BCUT2D eigenvalue weighted by Gasteiger charge is -2.02. The number of aromatic nitrogens is 1. The third-order valence-electron chi connectivity index (χ3n) is 2.86. The highest BCUT2D eigenvalue weighted by Gasteiger charge is 2.14. The van der Waals surface area contributed by atoms with E-state index in [9.17, 15) is 4.39 Å². The zero-order valence-corrected chi connectivity index (χ0v) is 12.5. The van der Waals surface area contributed by atoms with Crippen LogP contribution in [0.2, 0.25) is 5.02 Å². The Morgan fingerprint density at radius 3 is 2.68 bits per heavy atom. The van der Waals surface area contributed by atoms with E-state index in [1.807, 2.05) is 0 Å². The predicted molar refractivity (Wildman–Crippen MR) is 78.3 cm³/mol. The van der Waals surface area contributed by atoms with Crippen molar-refractivity contribution >= 4 is 22.9 Å². The molecule has 1 heterocycles. The Hall–Kier alpha value is -0.970. The predicted octanol–water partition coefficient (Wildman–Crippen LogP) is 4.11. The molecule has 0 spiro atoms. The molecule has 0 bridgehead atoms. The van der Waals surface area contributed by atoms with Crippen molar-refractivity contribution in [1.82, 2.24) is 4.98 Å². The summed E-state index contributed by atoms with van der Waals surface area (Å²) in [6, 6.07) is 4.45. The molecule has 0 aliphatic heterocycles. The summed E-state index contributed by atoms with van der Waals surface area (Å²) >= 11 is 7.64. The first-order chi connectivity index (χ1) is 9.01. The van der Waals surface area contributed by atoms with Crippen molar-refractivity contribution in [2.24, 2.45) is 5.73 Å². The molecule has 0 saturated carbocycles. The molecule has 0 unspecified atom stereocenters. The van der Waals surface area contributed by atoms with Gasteiger partial charge in [0.25, 0.3) is 0 Å². The molecule has 0 aliphatic carbocycles. The van der Waals surface area contributed by atoms with Gasteiger partial charge in [-0.25, -0.2) is 9.37 Å². The highest BCUT2D eigenvalue weighted by molar-refractivity contribution is 7.11. The Labute approximate surface area is 121 Å². The lowest BCUT2D eigenvalue weighted by molar-refractivity contribution is 0.627. The van der Waals surface area contributed by atoms with Gasteiger partial charge in [0, 0.05) is 22.9 Å². The van der Waals surface area contributed by atoms with Gasteiger partial charge in [-0.2, -0.15) is 0 Å². The maximum atomic E-state index is 13.0. The fraction of sp³-hybridized carbons (Fsp3) is 0.357. The van der Waals surface area contributed by atoms with Crippen molar-refractivity contribution in [2.75, 3.05) is 0 Å². The topological polar surface area (TPSA) is 38.9 Å². The van der Waals surface area contributed by atoms with E-state index < -0.39 is 0 Å². The van der Waals surface area contributed by atoms with Crippen LogP contribution in [-0.2, 0) is 13.0 Å². The van der Waals surface area contributed by atoms with E-state index in [1.165, 1.54) is 12.1 Å². The quantitative estimate of drug-likeness (QED) is 0.922. The molecule has 102 valence electrons. The molecule has 0 atom stereocenters. The summed E-state index contributed by atoms with van der Waals surface area (Å²) in [5, 5.41) is 1.41. The molecule has 0 fully saturated rings. The molecular weight excluding hydrogens is 283 g/mol. The second-order valence-corrected chi connectivity index (χ2v) is 6.26. The number of nitrogens with zero attached hydrogens (tertiary/aromatic N) is 1. The highest BCUT2D eigenvalue weighted by Crippen LogP contribution is 2.28. The molecular formula is C14H16ClFN2S. The van der Waals surface area contributed by atoms with Gasteiger partial charge in [0.15, 0.2) is 0 Å². The summed E-state index contributed by atoms with van der Waals surface area (Å²) in [5.41, 5.74) is 7.68. The van der Waals surface area contributed by atoms with Crippen molar-refractivity contribution in [3.05, 3.63) is 50.2 Å². The van der Waals surface area contributed by atoms with E-state index in [4.69, 9.17) is 17.3 Å². The third kappa shape index (κ3) is 3.32. The second-order valence-electron chi connectivity index (χ2n) is 4.69. The van der Waals surface area contributed by atoms with Gasteiger partial charge in [-0.1, -0.05) is 31.5 Å². The first-order valence-corrected chi connectivity index (χ1v) is 7.33. The third-order valence-corrected chi connectivity index (χ3v) is 4.31. The molecule has 0 amide bonds. The van der Waals surface area contributed by atoms with Crippen LogP contribution in [0.15, 0.2) is 18.2 Å². The Kier molecular flexibility index (Phi) is 4.55. The minimum absolute atomic E-state index is 0.321. The van der Waals surface area contributed by atoms with Crippen LogP contribution in [0.3, 0.4) is 0 Å². The Morgan fingerprint density at radius 1 is 1.42 bits per heavy atom. The average Bonchev–Trinajstić information content (AvgIpc) is 2.76. The fourth-order valence-corrected chi connectivity index (χ4v) is 3.27. The zero-order chi connectivity index (χ0) is 14.0. The van der Waals surface area contributed by atoms with Gasteiger partial charge < -0.3 is 5.73 Å². The summed E-state index contributed by atoms with van der Waals surface area (Å²) < 4.78 is 13.0. The van der Waals surface area contributed by atoms with Gasteiger partial charge in [0.05, 0.1) is 10.7 Å². The van der Waals surface area contributed by atoms with E-state index in [0.29, 0.717) is 23.9 Å². The van der Waals surface area contributed by atoms with Crippen molar-refractivity contribution in [3.8, 4) is 0 Å². The normalized spacial score (nSPS) is 11.3. The van der Waals surface area contributed by atoms with Crippen molar-refractivity contribution < 1.29 is 4.39 Å². The molecule has 0 saturated heterocycles. The molecule has 0 aliphatic rings. The summed E-state index contributed by atoms with van der Waals surface area (Å²) in [7, 11) is 0. The molecule has 2 N–H and O–H groups in total. The van der Waals surface area contributed by atoms with Crippen LogP contribution >= 0.6 is 22.9 Å². The SMILES string of the molecule is CC(C)c1nc(Cc2ccc(F)cc2Cl)sc1CN. The highest BCUT2D eigenvalue weighted by atomic mass is 35.5. The van der Waals surface area contributed by atoms with E-state index in [0.717, 1.165) is 21.1 Å². The Morgan fingerprint density at radius 2 is 2.16 bits per heavy atom. The van der Waals surface area contributed by atoms with Crippen LogP contribution in [0.25, 0.3) is 0 Å². The van der Waals surface area contributed by atoms with Gasteiger partial charge in [0.2, 0.25) is 0 Å². The molecule has 2 rings (SSSR count). The fourth-order valence-electron chi connectivity index (χ4n) is 1.91. The largest absolute Gasteiger partial charge is 0.326 e. The number of hydrogen-bond donors (Lipinski definition) is 1. The maximum absolute atomic E-state index is 13.0. The van der Waals surface area contributed by atoms with E-state index >= 15 is 0 Å². The number of hydrogen-bond acceptors (Lipinski definition) is 3. The Bertz CT molecular complexity index is 581. The number of benzene rings is 1. The molecule has 5 heteroatoms. The first-order valence-electron chi connectivity index (χ1n) is 6.13.